The van der Waals surface area contributed by atoms with Crippen LogP contribution in [0.5, 0.6) is 5.75 Å². The van der Waals surface area contributed by atoms with Gasteiger partial charge in [-0.05, 0) is 66.9 Å². The average Bonchev–Trinajstić information content (AvgIpc) is 3.38. The summed E-state index contributed by atoms with van der Waals surface area (Å²) in [5.41, 5.74) is 3.48. The van der Waals surface area contributed by atoms with Gasteiger partial charge in [-0.25, -0.2) is 9.37 Å². The number of fused-ring (bicyclic) bond motifs is 2. The van der Waals surface area contributed by atoms with Gasteiger partial charge in [0.1, 0.15) is 11.6 Å². The molecule has 2 heterocycles. The topological polar surface area (TPSA) is 74.8 Å². The van der Waals surface area contributed by atoms with E-state index in [1.54, 1.807) is 13.2 Å². The van der Waals surface area contributed by atoms with Crippen molar-refractivity contribution < 1.29 is 18.7 Å². The third-order valence-electron chi connectivity index (χ3n) is 7.54. The summed E-state index contributed by atoms with van der Waals surface area (Å²) in [6.45, 7) is 2.15. The standard InChI is InChI=1S/C33H37FN4O3S/c1-41-27-13-10-11-24(19-27)20-32(40)38-18-9-5-3-2-4-8-17-37(22-25-12-6-7-14-29(25)38)23-31(39)36-33-35-28-16-15-26(34)21-30(28)42-33/h6-7,10-16,19,21H,2-5,8-9,17-18,20,22-23H2,1H3,(H,35,36,39). The van der Waals surface area contributed by atoms with Gasteiger partial charge in [-0.3, -0.25) is 14.5 Å². The molecule has 0 radical (unpaired) electrons. The summed E-state index contributed by atoms with van der Waals surface area (Å²) in [4.78, 5) is 35.4. The van der Waals surface area contributed by atoms with Crippen molar-refractivity contribution in [2.75, 3.05) is 37.0 Å². The fourth-order valence-corrected chi connectivity index (χ4v) is 6.33. The van der Waals surface area contributed by atoms with E-state index in [9.17, 15) is 14.0 Å². The van der Waals surface area contributed by atoms with Crippen molar-refractivity contribution in [3.05, 3.63) is 83.7 Å². The van der Waals surface area contributed by atoms with E-state index >= 15 is 0 Å². The van der Waals surface area contributed by atoms with Crippen molar-refractivity contribution in [1.82, 2.24) is 9.88 Å². The van der Waals surface area contributed by atoms with Crippen LogP contribution in [0.25, 0.3) is 10.2 Å². The fraction of sp³-hybridized carbons (Fsp3) is 0.364. The first-order valence-corrected chi connectivity index (χ1v) is 15.4. The molecule has 220 valence electrons. The van der Waals surface area contributed by atoms with Crippen LogP contribution in [0.4, 0.5) is 15.2 Å². The lowest BCUT2D eigenvalue weighted by Gasteiger charge is -2.28. The Balaban J connectivity index is 1.34. The van der Waals surface area contributed by atoms with Crippen LogP contribution in [0.3, 0.4) is 0 Å². The third-order valence-corrected chi connectivity index (χ3v) is 8.47. The number of methoxy groups -OCH3 is 1. The molecule has 1 aromatic heterocycles. The molecule has 4 aromatic rings. The Morgan fingerprint density at radius 3 is 2.57 bits per heavy atom. The zero-order chi connectivity index (χ0) is 29.3. The molecule has 0 saturated heterocycles. The van der Waals surface area contributed by atoms with Gasteiger partial charge in [-0.2, -0.15) is 0 Å². The first kappa shape index (κ1) is 29.7. The van der Waals surface area contributed by atoms with Gasteiger partial charge in [0.05, 0.1) is 30.3 Å². The minimum Gasteiger partial charge on any atom is -0.497 e. The maximum Gasteiger partial charge on any atom is 0.240 e. The van der Waals surface area contributed by atoms with Crippen molar-refractivity contribution in [2.45, 2.75) is 51.5 Å². The van der Waals surface area contributed by atoms with Crippen LogP contribution in [-0.2, 0) is 22.6 Å². The number of amides is 2. The Hall–Kier alpha value is -3.82. The molecule has 5 rings (SSSR count). The van der Waals surface area contributed by atoms with E-state index in [2.05, 4.69) is 15.2 Å². The van der Waals surface area contributed by atoms with Crippen LogP contribution < -0.4 is 15.0 Å². The maximum atomic E-state index is 13.8. The van der Waals surface area contributed by atoms with Gasteiger partial charge >= 0.3 is 0 Å². The van der Waals surface area contributed by atoms with Crippen LogP contribution in [0.2, 0.25) is 0 Å². The van der Waals surface area contributed by atoms with E-state index in [4.69, 9.17) is 4.74 Å². The molecule has 1 N–H and O–H groups in total. The summed E-state index contributed by atoms with van der Waals surface area (Å²) in [6, 6.07) is 20.1. The molecule has 3 aromatic carbocycles. The van der Waals surface area contributed by atoms with Gasteiger partial charge in [-0.15, -0.1) is 0 Å². The van der Waals surface area contributed by atoms with E-state index in [0.717, 1.165) is 67.6 Å². The van der Waals surface area contributed by atoms with Gasteiger partial charge in [0.25, 0.3) is 0 Å². The molecule has 0 bridgehead atoms. The van der Waals surface area contributed by atoms with Crippen LogP contribution in [0.15, 0.2) is 66.7 Å². The maximum absolute atomic E-state index is 13.8. The lowest BCUT2D eigenvalue weighted by atomic mass is 10.1. The minimum atomic E-state index is -0.325. The predicted molar refractivity (Wildman–Crippen MR) is 167 cm³/mol. The van der Waals surface area contributed by atoms with Gasteiger partial charge < -0.3 is 15.0 Å². The molecule has 0 atom stereocenters. The molecular weight excluding hydrogens is 551 g/mol. The first-order valence-electron chi connectivity index (χ1n) is 14.6. The number of aromatic nitrogens is 1. The van der Waals surface area contributed by atoms with Crippen molar-refractivity contribution in [2.24, 2.45) is 0 Å². The van der Waals surface area contributed by atoms with Crippen molar-refractivity contribution in [3.8, 4) is 5.75 Å². The summed E-state index contributed by atoms with van der Waals surface area (Å²) in [7, 11) is 1.63. The van der Waals surface area contributed by atoms with E-state index in [-0.39, 0.29) is 30.6 Å². The van der Waals surface area contributed by atoms with Crippen LogP contribution in [-0.4, -0.2) is 48.4 Å². The largest absolute Gasteiger partial charge is 0.497 e. The molecule has 9 heteroatoms. The van der Waals surface area contributed by atoms with Gasteiger partial charge in [0.15, 0.2) is 5.13 Å². The Bertz CT molecular complexity index is 1520. The molecule has 1 aliphatic heterocycles. The second-order valence-electron chi connectivity index (χ2n) is 10.7. The Kier molecular flexibility index (Phi) is 10.2. The highest BCUT2D eigenvalue weighted by molar-refractivity contribution is 7.22. The van der Waals surface area contributed by atoms with E-state index in [1.165, 1.54) is 23.5 Å². The fourth-order valence-electron chi connectivity index (χ4n) is 5.42. The Morgan fingerprint density at radius 1 is 0.952 bits per heavy atom. The molecule has 0 fully saturated rings. The number of carbonyl (C=O) groups is 2. The Labute approximate surface area is 250 Å². The number of nitrogens with one attached hydrogen (secondary N) is 1. The average molecular weight is 589 g/mol. The molecule has 0 aliphatic carbocycles. The smallest absolute Gasteiger partial charge is 0.240 e. The summed E-state index contributed by atoms with van der Waals surface area (Å²) < 4.78 is 19.7. The number of ether oxygens (including phenoxy) is 1. The Morgan fingerprint density at radius 2 is 1.74 bits per heavy atom. The van der Waals surface area contributed by atoms with Crippen LogP contribution >= 0.6 is 11.3 Å². The van der Waals surface area contributed by atoms with Gasteiger partial charge in [0, 0.05) is 18.8 Å². The molecule has 0 spiro atoms. The highest BCUT2D eigenvalue weighted by atomic mass is 32.1. The number of nitrogens with zero attached hydrogens (tertiary/aromatic N) is 3. The number of carbonyl (C=O) groups excluding carboxylic acids is 2. The van der Waals surface area contributed by atoms with Crippen LogP contribution in [0.1, 0.15) is 49.7 Å². The summed E-state index contributed by atoms with van der Waals surface area (Å²) >= 11 is 1.26. The van der Waals surface area contributed by atoms with E-state index < -0.39 is 0 Å². The van der Waals surface area contributed by atoms with Gasteiger partial charge in [0.2, 0.25) is 11.8 Å². The third kappa shape index (κ3) is 7.92. The number of rotatable bonds is 6. The predicted octanol–water partition coefficient (Wildman–Crippen LogP) is 6.81. The quantitative estimate of drug-likeness (QED) is 0.268. The monoisotopic (exact) mass is 588 g/mol. The van der Waals surface area contributed by atoms with Gasteiger partial charge in [-0.1, -0.05) is 67.4 Å². The molecule has 0 saturated carbocycles. The zero-order valence-electron chi connectivity index (χ0n) is 24.0. The van der Waals surface area contributed by atoms with Crippen molar-refractivity contribution >= 4 is 44.2 Å². The lowest BCUT2D eigenvalue weighted by Crippen LogP contribution is -2.36. The second kappa shape index (κ2) is 14.4. The lowest BCUT2D eigenvalue weighted by molar-refractivity contribution is -0.118. The number of anilines is 2. The number of hydrogen-bond donors (Lipinski definition) is 1. The molecule has 0 unspecified atom stereocenters. The number of thiazole rings is 1. The number of halogens is 1. The zero-order valence-corrected chi connectivity index (χ0v) is 24.8. The minimum absolute atomic E-state index is 0.0436. The van der Waals surface area contributed by atoms with E-state index in [1.807, 2.05) is 53.4 Å². The second-order valence-corrected chi connectivity index (χ2v) is 11.7. The highest BCUT2D eigenvalue weighted by Gasteiger charge is 2.22. The number of para-hydroxylation sites is 1. The van der Waals surface area contributed by atoms with Crippen molar-refractivity contribution in [3.63, 3.8) is 0 Å². The number of hydrogen-bond acceptors (Lipinski definition) is 6. The molecule has 7 nitrogen and oxygen atoms in total. The molecule has 1 aliphatic rings. The molecule has 2 amide bonds. The SMILES string of the molecule is COc1cccc(CC(=O)N2CCCCCCCCN(CC(=O)Nc3nc4ccc(F)cc4s3)Cc3ccccc32)c1. The first-order chi connectivity index (χ1) is 20.5. The number of benzene rings is 3. The normalized spacial score (nSPS) is 15.2. The summed E-state index contributed by atoms with van der Waals surface area (Å²) in [5, 5.41) is 3.37. The summed E-state index contributed by atoms with van der Waals surface area (Å²) in [5.74, 6) is 0.288. The molecule has 42 heavy (non-hydrogen) atoms. The van der Waals surface area contributed by atoms with Crippen molar-refractivity contribution in [1.29, 1.82) is 0 Å². The van der Waals surface area contributed by atoms with E-state index in [0.29, 0.717) is 28.4 Å². The van der Waals surface area contributed by atoms with Crippen LogP contribution in [0, 0.1) is 5.82 Å². The highest BCUT2D eigenvalue weighted by Crippen LogP contribution is 2.28. The molecular formula is C33H37FN4O3S. The summed E-state index contributed by atoms with van der Waals surface area (Å²) in [6.07, 6.45) is 6.64.